The van der Waals surface area contributed by atoms with Crippen molar-refractivity contribution in [2.75, 3.05) is 31.1 Å². The predicted molar refractivity (Wildman–Crippen MR) is 130 cm³/mol. The molecule has 0 unspecified atom stereocenters. The molecule has 2 aromatic heterocycles. The number of guanidine groups is 1. The van der Waals surface area contributed by atoms with Crippen molar-refractivity contribution in [3.05, 3.63) is 58.3 Å². The van der Waals surface area contributed by atoms with Crippen LogP contribution in [0.3, 0.4) is 0 Å². The Labute approximate surface area is 192 Å². The Morgan fingerprint density at radius 3 is 2.64 bits per heavy atom. The molecule has 12 heteroatoms. The lowest BCUT2D eigenvalue weighted by molar-refractivity contribution is 0.595. The second-order valence-electron chi connectivity index (χ2n) is 7.69. The van der Waals surface area contributed by atoms with E-state index in [0.717, 1.165) is 23.9 Å². The number of benzene rings is 1. The molecule has 0 aliphatic carbocycles. The molecule has 178 valence electrons. The molecule has 1 aromatic carbocycles. The number of fused-ring (bicyclic) bond motifs is 1. The van der Waals surface area contributed by atoms with E-state index in [1.807, 2.05) is 30.3 Å². The van der Waals surface area contributed by atoms with Gasteiger partial charge in [0.25, 0.3) is 0 Å². The van der Waals surface area contributed by atoms with Crippen LogP contribution in [-0.2, 0) is 22.8 Å². The van der Waals surface area contributed by atoms with Crippen LogP contribution in [0, 0.1) is 0 Å². The van der Waals surface area contributed by atoms with Gasteiger partial charge >= 0.3 is 5.69 Å². The lowest BCUT2D eigenvalue weighted by Crippen LogP contribution is -2.23. The number of aromatic amines is 1. The summed E-state index contributed by atoms with van der Waals surface area (Å²) in [5, 5.41) is 4.05. The number of nitrogens with zero attached hydrogens (tertiary/aromatic N) is 3. The first-order valence-corrected chi connectivity index (χ1v) is 12.5. The van der Waals surface area contributed by atoms with Crippen molar-refractivity contribution in [1.82, 2.24) is 19.9 Å². The molecule has 8 N–H and O–H groups in total. The summed E-state index contributed by atoms with van der Waals surface area (Å²) in [6, 6.07) is 9.42. The van der Waals surface area contributed by atoms with Crippen LogP contribution in [0.2, 0.25) is 0 Å². The number of sulfone groups is 1. The first kappa shape index (κ1) is 24.4. The summed E-state index contributed by atoms with van der Waals surface area (Å²) in [7, 11) is -3.20. The highest BCUT2D eigenvalue weighted by Gasteiger charge is 2.12. The molecule has 0 fully saturated rings. The minimum Gasteiger partial charge on any atom is -0.370 e. The molecule has 0 amide bonds. The van der Waals surface area contributed by atoms with E-state index < -0.39 is 15.5 Å². The van der Waals surface area contributed by atoms with E-state index in [2.05, 4.69) is 20.3 Å². The summed E-state index contributed by atoms with van der Waals surface area (Å²) < 4.78 is 25.3. The number of H-pyrrole nitrogens is 1. The number of aliphatic imine (C=N–C) groups is 1. The van der Waals surface area contributed by atoms with E-state index in [-0.39, 0.29) is 24.0 Å². The van der Waals surface area contributed by atoms with Gasteiger partial charge in [0.2, 0.25) is 0 Å². The average molecular weight is 475 g/mol. The van der Waals surface area contributed by atoms with E-state index in [4.69, 9.17) is 17.2 Å². The predicted octanol–water partition coefficient (Wildman–Crippen LogP) is -0.617. The van der Waals surface area contributed by atoms with E-state index in [1.165, 1.54) is 4.57 Å². The number of aromatic nitrogens is 3. The molecule has 0 radical (unpaired) electrons. The molecular weight excluding hydrogens is 444 g/mol. The molecule has 0 saturated carbocycles. The number of rotatable bonds is 12. The zero-order valence-electron chi connectivity index (χ0n) is 18.3. The van der Waals surface area contributed by atoms with Crippen LogP contribution in [0.5, 0.6) is 0 Å². The fourth-order valence-electron chi connectivity index (χ4n) is 3.34. The Hall–Kier alpha value is -3.22. The number of nitrogens with two attached hydrogens (primary N) is 3. The van der Waals surface area contributed by atoms with Gasteiger partial charge in [0, 0.05) is 43.3 Å². The monoisotopic (exact) mass is 474 g/mol. The quantitative estimate of drug-likeness (QED) is 0.130. The zero-order valence-corrected chi connectivity index (χ0v) is 19.1. The molecule has 3 rings (SSSR count). The van der Waals surface area contributed by atoms with Crippen LogP contribution in [0.4, 0.5) is 0 Å². The first-order valence-electron chi connectivity index (χ1n) is 10.6. The maximum absolute atomic E-state index is 12.5. The normalized spacial score (nSPS) is 11.7. The van der Waals surface area contributed by atoms with Crippen molar-refractivity contribution >= 4 is 26.8 Å². The molecule has 0 atom stereocenters. The van der Waals surface area contributed by atoms with Crippen molar-refractivity contribution < 1.29 is 8.42 Å². The largest absolute Gasteiger partial charge is 0.370 e. The van der Waals surface area contributed by atoms with E-state index in [1.54, 1.807) is 6.20 Å². The van der Waals surface area contributed by atoms with Gasteiger partial charge in [-0.3, -0.25) is 9.56 Å². The molecule has 0 bridgehead atoms. The van der Waals surface area contributed by atoms with Crippen molar-refractivity contribution in [1.29, 1.82) is 0 Å². The highest BCUT2D eigenvalue weighted by atomic mass is 32.2. The fraction of sp³-hybridized carbons (Fsp3) is 0.381. The Balaban J connectivity index is 1.65. The summed E-state index contributed by atoms with van der Waals surface area (Å²) >= 11 is 0. The average Bonchev–Trinajstić information content (AvgIpc) is 3.16. The molecule has 0 saturated heterocycles. The molecular formula is C21H30N8O3S. The van der Waals surface area contributed by atoms with E-state index in [9.17, 15) is 13.2 Å². The third kappa shape index (κ3) is 7.14. The van der Waals surface area contributed by atoms with Crippen molar-refractivity contribution in [2.24, 2.45) is 22.2 Å². The first-order chi connectivity index (χ1) is 15.8. The van der Waals surface area contributed by atoms with Crippen molar-refractivity contribution in [2.45, 2.75) is 19.4 Å². The van der Waals surface area contributed by atoms with Gasteiger partial charge in [-0.25, -0.2) is 13.2 Å². The van der Waals surface area contributed by atoms with E-state index >= 15 is 0 Å². The third-order valence-electron chi connectivity index (χ3n) is 5.02. The lowest BCUT2D eigenvalue weighted by atomic mass is 10.2. The number of hydrogen-bond acceptors (Lipinski definition) is 7. The van der Waals surface area contributed by atoms with Gasteiger partial charge in [-0.1, -0.05) is 12.1 Å². The molecule has 33 heavy (non-hydrogen) atoms. The Bertz CT molecular complexity index is 1260. The molecule has 11 nitrogen and oxygen atoms in total. The summed E-state index contributed by atoms with van der Waals surface area (Å²) in [6.45, 7) is 2.14. The number of aryl methyl sites for hydroxylation is 1. The van der Waals surface area contributed by atoms with Gasteiger partial charge in [0.1, 0.15) is 5.65 Å². The third-order valence-corrected chi connectivity index (χ3v) is 6.71. The molecule has 2 heterocycles. The summed E-state index contributed by atoms with van der Waals surface area (Å²) in [5.41, 5.74) is 18.4. The Morgan fingerprint density at radius 1 is 1.18 bits per heavy atom. The van der Waals surface area contributed by atoms with Gasteiger partial charge in [0.05, 0.1) is 17.2 Å². The van der Waals surface area contributed by atoms with E-state index in [0.29, 0.717) is 36.5 Å². The minimum absolute atomic E-state index is 0.00889. The second kappa shape index (κ2) is 11.1. The summed E-state index contributed by atoms with van der Waals surface area (Å²) in [5.74, 6) is 0.0462. The Kier molecular flexibility index (Phi) is 8.20. The fourth-order valence-corrected chi connectivity index (χ4v) is 4.43. The van der Waals surface area contributed by atoms with Crippen LogP contribution in [0.15, 0.2) is 46.3 Å². The second-order valence-corrected chi connectivity index (χ2v) is 9.99. The maximum Gasteiger partial charge on any atom is 0.354 e. The van der Waals surface area contributed by atoms with Crippen molar-refractivity contribution in [3.8, 4) is 5.69 Å². The number of nitrogens with one attached hydrogen (secondary N) is 2. The standard InChI is InChI=1S/C21H30N8O3S/c22-7-11-33(31,32)10-6-17-12-16-14-29(21(30)28-19(16)27-17)18-4-2-15(3-5-18)13-25-8-1-9-26-20(23)24/h2-5,12,14,25H,1,6-11,13,22H2,(H4,23,24,26)(H,27,28,30). The molecule has 0 spiro atoms. The summed E-state index contributed by atoms with van der Waals surface area (Å²) in [4.78, 5) is 23.6. The Morgan fingerprint density at radius 2 is 1.94 bits per heavy atom. The highest BCUT2D eigenvalue weighted by Crippen LogP contribution is 2.15. The maximum atomic E-state index is 12.5. The van der Waals surface area contributed by atoms with Crippen LogP contribution in [0.1, 0.15) is 17.7 Å². The summed E-state index contributed by atoms with van der Waals surface area (Å²) in [6.07, 6.45) is 2.84. The lowest BCUT2D eigenvalue weighted by Gasteiger charge is -2.08. The topological polar surface area (TPSA) is 187 Å². The molecule has 3 aromatic rings. The van der Waals surface area contributed by atoms with Crippen LogP contribution < -0.4 is 28.2 Å². The van der Waals surface area contributed by atoms with Crippen molar-refractivity contribution in [3.63, 3.8) is 0 Å². The van der Waals surface area contributed by atoms with Gasteiger partial charge in [-0.15, -0.1) is 0 Å². The van der Waals surface area contributed by atoms with Gasteiger partial charge in [-0.2, -0.15) is 4.98 Å². The number of hydrogen-bond donors (Lipinski definition) is 5. The van der Waals surface area contributed by atoms with Crippen LogP contribution in [0.25, 0.3) is 16.7 Å². The van der Waals surface area contributed by atoms with Crippen LogP contribution in [-0.4, -0.2) is 60.1 Å². The smallest absolute Gasteiger partial charge is 0.354 e. The van der Waals surface area contributed by atoms with Gasteiger partial charge in [0.15, 0.2) is 15.8 Å². The molecule has 0 aliphatic heterocycles. The highest BCUT2D eigenvalue weighted by molar-refractivity contribution is 7.91. The molecule has 0 aliphatic rings. The van der Waals surface area contributed by atoms with Crippen LogP contribution >= 0.6 is 0 Å². The SMILES string of the molecule is NCCS(=O)(=O)CCc1cc2cn(-c3ccc(CNCCCN=C(N)N)cc3)c(=O)nc2[nH]1. The minimum atomic E-state index is -3.20. The van der Waals surface area contributed by atoms with Gasteiger partial charge < -0.3 is 27.5 Å². The zero-order chi connectivity index (χ0) is 23.8. The van der Waals surface area contributed by atoms with Gasteiger partial charge in [-0.05, 0) is 36.7 Å².